The number of hydrogen-bond acceptors (Lipinski definition) is 3. The minimum Gasteiger partial charge on any atom is -0.497 e. The van der Waals surface area contributed by atoms with E-state index in [2.05, 4.69) is 29.7 Å². The van der Waals surface area contributed by atoms with E-state index in [1.807, 2.05) is 12.1 Å². The Morgan fingerprint density at radius 2 is 2.12 bits per heavy atom. The molecule has 136 valence electrons. The summed E-state index contributed by atoms with van der Waals surface area (Å²) in [5.41, 5.74) is 1.28. The lowest BCUT2D eigenvalue weighted by molar-refractivity contribution is -0.122. The SMILES string of the molecule is COc1ccc(CCCNC(=O)CC(C)C2CCCNC2)cc1.Cl. The summed E-state index contributed by atoms with van der Waals surface area (Å²) in [6.45, 7) is 5.14. The van der Waals surface area contributed by atoms with Gasteiger partial charge in [0.25, 0.3) is 0 Å². The predicted octanol–water partition coefficient (Wildman–Crippen LogP) is 3.19. The number of rotatable bonds is 8. The summed E-state index contributed by atoms with van der Waals surface area (Å²) < 4.78 is 5.15. The molecule has 1 heterocycles. The average Bonchev–Trinajstić information content (AvgIpc) is 2.60. The van der Waals surface area contributed by atoms with Gasteiger partial charge in [-0.15, -0.1) is 12.4 Å². The molecule has 1 aliphatic heterocycles. The molecule has 1 amide bonds. The summed E-state index contributed by atoms with van der Waals surface area (Å²) in [6, 6.07) is 8.12. The number of benzene rings is 1. The third-order valence-corrected chi connectivity index (χ3v) is 4.77. The highest BCUT2D eigenvalue weighted by molar-refractivity contribution is 5.85. The maximum absolute atomic E-state index is 12.0. The fourth-order valence-electron chi connectivity index (χ4n) is 3.21. The van der Waals surface area contributed by atoms with Gasteiger partial charge >= 0.3 is 0 Å². The second-order valence-electron chi connectivity index (χ2n) is 6.59. The molecular formula is C19H31ClN2O2. The number of piperidine rings is 1. The molecule has 1 aromatic carbocycles. The number of methoxy groups -OCH3 is 1. The molecular weight excluding hydrogens is 324 g/mol. The summed E-state index contributed by atoms with van der Waals surface area (Å²) in [5, 5.41) is 6.49. The molecule has 5 heteroatoms. The number of nitrogens with one attached hydrogen (secondary N) is 2. The highest BCUT2D eigenvalue weighted by Crippen LogP contribution is 2.22. The van der Waals surface area contributed by atoms with Gasteiger partial charge in [0, 0.05) is 13.0 Å². The summed E-state index contributed by atoms with van der Waals surface area (Å²) in [5.74, 6) is 2.18. The van der Waals surface area contributed by atoms with Crippen LogP contribution in [0.3, 0.4) is 0 Å². The van der Waals surface area contributed by atoms with E-state index < -0.39 is 0 Å². The van der Waals surface area contributed by atoms with Crippen molar-refractivity contribution in [2.75, 3.05) is 26.7 Å². The van der Waals surface area contributed by atoms with E-state index in [1.165, 1.54) is 18.4 Å². The van der Waals surface area contributed by atoms with Crippen LogP contribution < -0.4 is 15.4 Å². The maximum atomic E-state index is 12.0. The first-order valence-corrected chi connectivity index (χ1v) is 8.79. The summed E-state index contributed by atoms with van der Waals surface area (Å²) in [4.78, 5) is 12.0. The molecule has 24 heavy (non-hydrogen) atoms. The predicted molar refractivity (Wildman–Crippen MR) is 101 cm³/mol. The van der Waals surface area contributed by atoms with Gasteiger partial charge in [0.2, 0.25) is 5.91 Å². The molecule has 0 spiro atoms. The van der Waals surface area contributed by atoms with Crippen LogP contribution in [0.2, 0.25) is 0 Å². The zero-order valence-corrected chi connectivity index (χ0v) is 15.7. The van der Waals surface area contributed by atoms with Crippen LogP contribution in [0.4, 0.5) is 0 Å². The summed E-state index contributed by atoms with van der Waals surface area (Å²) in [6.07, 6.45) is 5.08. The van der Waals surface area contributed by atoms with Gasteiger partial charge in [0.1, 0.15) is 5.75 Å². The molecule has 0 aliphatic carbocycles. The van der Waals surface area contributed by atoms with Crippen molar-refractivity contribution in [3.63, 3.8) is 0 Å². The minimum atomic E-state index is 0. The Hall–Kier alpha value is -1.26. The Morgan fingerprint density at radius 3 is 2.75 bits per heavy atom. The number of hydrogen-bond donors (Lipinski definition) is 2. The lowest BCUT2D eigenvalue weighted by Gasteiger charge is -2.28. The Labute approximate surface area is 152 Å². The molecule has 1 saturated heterocycles. The fraction of sp³-hybridized carbons (Fsp3) is 0.632. The molecule has 4 nitrogen and oxygen atoms in total. The number of aryl methyl sites for hydroxylation is 1. The number of carbonyl (C=O) groups excluding carboxylic acids is 1. The van der Waals surface area contributed by atoms with E-state index in [0.29, 0.717) is 18.3 Å². The zero-order valence-electron chi connectivity index (χ0n) is 14.8. The van der Waals surface area contributed by atoms with E-state index in [-0.39, 0.29) is 18.3 Å². The molecule has 2 rings (SSSR count). The molecule has 0 radical (unpaired) electrons. The van der Waals surface area contributed by atoms with E-state index in [9.17, 15) is 4.79 Å². The third kappa shape index (κ3) is 7.10. The van der Waals surface area contributed by atoms with Crippen LogP contribution in [0.15, 0.2) is 24.3 Å². The van der Waals surface area contributed by atoms with Crippen LogP contribution in [0, 0.1) is 11.8 Å². The first-order valence-electron chi connectivity index (χ1n) is 8.79. The molecule has 0 bridgehead atoms. The monoisotopic (exact) mass is 354 g/mol. The quantitative estimate of drug-likeness (QED) is 0.705. The van der Waals surface area contributed by atoms with Gasteiger partial charge in [-0.25, -0.2) is 0 Å². The Kier molecular flexibility index (Phi) is 9.80. The lowest BCUT2D eigenvalue weighted by Crippen LogP contribution is -2.35. The molecule has 2 unspecified atom stereocenters. The number of ether oxygens (including phenoxy) is 1. The van der Waals surface area contributed by atoms with Gasteiger partial charge in [0.15, 0.2) is 0 Å². The van der Waals surface area contributed by atoms with Crippen molar-refractivity contribution >= 4 is 18.3 Å². The van der Waals surface area contributed by atoms with Crippen molar-refractivity contribution in [1.82, 2.24) is 10.6 Å². The van der Waals surface area contributed by atoms with Crippen LogP contribution in [-0.4, -0.2) is 32.7 Å². The Morgan fingerprint density at radius 1 is 1.38 bits per heavy atom. The second-order valence-corrected chi connectivity index (χ2v) is 6.59. The number of halogens is 1. The summed E-state index contributed by atoms with van der Waals surface area (Å²) in [7, 11) is 1.68. The Bertz CT molecular complexity index is 473. The zero-order chi connectivity index (χ0) is 16.5. The molecule has 2 N–H and O–H groups in total. The van der Waals surface area contributed by atoms with E-state index in [1.54, 1.807) is 7.11 Å². The topological polar surface area (TPSA) is 50.4 Å². The smallest absolute Gasteiger partial charge is 0.220 e. The second kappa shape index (κ2) is 11.3. The summed E-state index contributed by atoms with van der Waals surface area (Å²) >= 11 is 0. The van der Waals surface area contributed by atoms with Gasteiger partial charge in [-0.05, 0) is 68.3 Å². The number of carbonyl (C=O) groups is 1. The maximum Gasteiger partial charge on any atom is 0.220 e. The van der Waals surface area contributed by atoms with E-state index in [4.69, 9.17) is 4.74 Å². The van der Waals surface area contributed by atoms with Gasteiger partial charge < -0.3 is 15.4 Å². The molecule has 1 aromatic rings. The van der Waals surface area contributed by atoms with Crippen molar-refractivity contribution in [2.24, 2.45) is 11.8 Å². The first-order chi connectivity index (χ1) is 11.2. The van der Waals surface area contributed by atoms with Gasteiger partial charge in [-0.1, -0.05) is 19.1 Å². The van der Waals surface area contributed by atoms with Gasteiger partial charge in [-0.2, -0.15) is 0 Å². The van der Waals surface area contributed by atoms with Crippen LogP contribution in [0.1, 0.15) is 38.2 Å². The van der Waals surface area contributed by atoms with Gasteiger partial charge in [-0.3, -0.25) is 4.79 Å². The number of amides is 1. The average molecular weight is 355 g/mol. The highest BCUT2D eigenvalue weighted by Gasteiger charge is 2.21. The van der Waals surface area contributed by atoms with Crippen molar-refractivity contribution < 1.29 is 9.53 Å². The highest BCUT2D eigenvalue weighted by atomic mass is 35.5. The first kappa shape index (κ1) is 20.8. The van der Waals surface area contributed by atoms with Crippen molar-refractivity contribution in [3.8, 4) is 5.75 Å². The lowest BCUT2D eigenvalue weighted by atomic mass is 9.85. The van der Waals surface area contributed by atoms with Crippen molar-refractivity contribution in [1.29, 1.82) is 0 Å². The van der Waals surface area contributed by atoms with Crippen molar-refractivity contribution in [3.05, 3.63) is 29.8 Å². The van der Waals surface area contributed by atoms with Crippen LogP contribution >= 0.6 is 12.4 Å². The van der Waals surface area contributed by atoms with E-state index >= 15 is 0 Å². The largest absolute Gasteiger partial charge is 0.497 e. The molecule has 1 aliphatic rings. The third-order valence-electron chi connectivity index (χ3n) is 4.77. The van der Waals surface area contributed by atoms with E-state index in [0.717, 1.165) is 38.2 Å². The van der Waals surface area contributed by atoms with Crippen LogP contribution in [-0.2, 0) is 11.2 Å². The van der Waals surface area contributed by atoms with Crippen LogP contribution in [0.5, 0.6) is 5.75 Å². The molecule has 0 saturated carbocycles. The van der Waals surface area contributed by atoms with Crippen LogP contribution in [0.25, 0.3) is 0 Å². The molecule has 0 aromatic heterocycles. The molecule has 2 atom stereocenters. The minimum absolute atomic E-state index is 0. The fourth-order valence-corrected chi connectivity index (χ4v) is 3.21. The van der Waals surface area contributed by atoms with Crippen molar-refractivity contribution in [2.45, 2.75) is 39.0 Å². The Balaban J connectivity index is 0.00000288. The normalized spacial score (nSPS) is 18.3. The molecule has 1 fully saturated rings. The standard InChI is InChI=1S/C19H30N2O2.ClH/c1-15(17-6-4-11-20-14-17)13-19(22)21-12-3-5-16-7-9-18(23-2)10-8-16;/h7-10,15,17,20H,3-6,11-14H2,1-2H3,(H,21,22);1H. The van der Waals surface area contributed by atoms with Gasteiger partial charge in [0.05, 0.1) is 7.11 Å².